The number of rotatable bonds is 3. The summed E-state index contributed by atoms with van der Waals surface area (Å²) in [5.41, 5.74) is 3.50. The molecule has 0 unspecified atom stereocenters. The fourth-order valence-electron chi connectivity index (χ4n) is 2.72. The molecule has 3 aromatic rings. The molecule has 1 aliphatic heterocycles. The van der Waals surface area contributed by atoms with E-state index in [0.717, 1.165) is 29.0 Å². The average Bonchev–Trinajstić information content (AvgIpc) is 3.11. The van der Waals surface area contributed by atoms with Gasteiger partial charge >= 0.3 is 0 Å². The van der Waals surface area contributed by atoms with Crippen molar-refractivity contribution in [1.82, 2.24) is 19.7 Å². The van der Waals surface area contributed by atoms with Crippen LogP contribution < -0.4 is 4.74 Å². The fraction of sp³-hybridized carbons (Fsp3) is 0.176. The molecular formula is C17H15BrN4O. The van der Waals surface area contributed by atoms with Gasteiger partial charge in [0.1, 0.15) is 25.1 Å². The number of hydrogen-bond donors (Lipinski definition) is 0. The van der Waals surface area contributed by atoms with Crippen LogP contribution in [0.25, 0.3) is 5.69 Å². The molecule has 0 saturated heterocycles. The second-order valence-corrected chi connectivity index (χ2v) is 6.46. The molecule has 2 heterocycles. The molecule has 0 amide bonds. The quantitative estimate of drug-likeness (QED) is 0.708. The maximum atomic E-state index is 5.88. The van der Waals surface area contributed by atoms with Gasteiger partial charge in [-0.25, -0.2) is 0 Å². The first-order valence-corrected chi connectivity index (χ1v) is 8.15. The normalized spacial score (nSPS) is 14.3. The van der Waals surface area contributed by atoms with Crippen molar-refractivity contribution in [1.29, 1.82) is 0 Å². The highest BCUT2D eigenvalue weighted by atomic mass is 79.9. The molecule has 0 radical (unpaired) electrons. The van der Waals surface area contributed by atoms with Crippen molar-refractivity contribution >= 4 is 15.9 Å². The van der Waals surface area contributed by atoms with Crippen molar-refractivity contribution in [2.24, 2.45) is 0 Å². The number of hydrogen-bond acceptors (Lipinski definition) is 4. The van der Waals surface area contributed by atoms with Crippen molar-refractivity contribution in [2.75, 3.05) is 6.73 Å². The molecule has 0 fully saturated rings. The number of halogens is 1. The Morgan fingerprint density at radius 2 is 1.83 bits per heavy atom. The Balaban J connectivity index is 1.53. The van der Waals surface area contributed by atoms with Gasteiger partial charge in [-0.15, -0.1) is 10.2 Å². The van der Waals surface area contributed by atoms with Crippen LogP contribution in [0, 0.1) is 0 Å². The van der Waals surface area contributed by atoms with Crippen LogP contribution >= 0.6 is 15.9 Å². The largest absolute Gasteiger partial charge is 0.478 e. The predicted octanol–water partition coefficient (Wildman–Crippen LogP) is 3.38. The van der Waals surface area contributed by atoms with Gasteiger partial charge in [0, 0.05) is 28.8 Å². The van der Waals surface area contributed by atoms with Crippen LogP contribution in [-0.2, 0) is 13.1 Å². The van der Waals surface area contributed by atoms with Crippen molar-refractivity contribution in [3.05, 3.63) is 70.7 Å². The summed E-state index contributed by atoms with van der Waals surface area (Å²) >= 11 is 3.47. The monoisotopic (exact) mass is 370 g/mol. The summed E-state index contributed by atoms with van der Waals surface area (Å²) in [6.45, 7) is 2.33. The van der Waals surface area contributed by atoms with E-state index in [0.29, 0.717) is 6.73 Å². The second-order valence-electron chi connectivity index (χ2n) is 5.55. The van der Waals surface area contributed by atoms with Crippen LogP contribution in [0.15, 0.2) is 59.6 Å². The summed E-state index contributed by atoms with van der Waals surface area (Å²) < 4.78 is 8.87. The van der Waals surface area contributed by atoms with E-state index in [9.17, 15) is 0 Å². The van der Waals surface area contributed by atoms with E-state index < -0.39 is 0 Å². The highest BCUT2D eigenvalue weighted by Gasteiger charge is 2.18. The number of nitrogens with zero attached hydrogens (tertiary/aromatic N) is 4. The van der Waals surface area contributed by atoms with E-state index in [1.807, 2.05) is 16.7 Å². The SMILES string of the molecule is Brc1ccc(CN2COc3ccc(-n4cnnc4)cc3C2)cc1. The molecule has 6 heteroatoms. The van der Waals surface area contributed by atoms with Gasteiger partial charge in [0.15, 0.2) is 0 Å². The van der Waals surface area contributed by atoms with E-state index in [-0.39, 0.29) is 0 Å². The predicted molar refractivity (Wildman–Crippen MR) is 90.2 cm³/mol. The molecule has 0 bridgehead atoms. The second kappa shape index (κ2) is 6.14. The molecule has 23 heavy (non-hydrogen) atoms. The standard InChI is InChI=1S/C17H15BrN4O/c18-15-3-1-13(2-4-15)8-21-9-14-7-16(22-10-19-20-11-22)5-6-17(14)23-12-21/h1-7,10-11H,8-9,12H2. The number of ether oxygens (including phenoxy) is 1. The van der Waals surface area contributed by atoms with Crippen LogP contribution in [0.2, 0.25) is 0 Å². The van der Waals surface area contributed by atoms with Gasteiger partial charge < -0.3 is 4.74 Å². The summed E-state index contributed by atoms with van der Waals surface area (Å²) in [4.78, 5) is 2.28. The van der Waals surface area contributed by atoms with Gasteiger partial charge in [0.25, 0.3) is 0 Å². The summed E-state index contributed by atoms with van der Waals surface area (Å²) in [6, 6.07) is 14.6. The highest BCUT2D eigenvalue weighted by molar-refractivity contribution is 9.10. The number of aromatic nitrogens is 3. The van der Waals surface area contributed by atoms with Crippen LogP contribution in [-0.4, -0.2) is 26.4 Å². The maximum Gasteiger partial charge on any atom is 0.142 e. The van der Waals surface area contributed by atoms with Crippen molar-refractivity contribution in [3.63, 3.8) is 0 Å². The first-order chi connectivity index (χ1) is 11.3. The van der Waals surface area contributed by atoms with Gasteiger partial charge in [-0.05, 0) is 35.9 Å². The lowest BCUT2D eigenvalue weighted by atomic mass is 10.1. The molecule has 1 aromatic heterocycles. The van der Waals surface area contributed by atoms with Crippen LogP contribution in [0.4, 0.5) is 0 Å². The van der Waals surface area contributed by atoms with Gasteiger partial charge in [0.2, 0.25) is 0 Å². The van der Waals surface area contributed by atoms with Gasteiger partial charge in [-0.1, -0.05) is 28.1 Å². The molecule has 0 atom stereocenters. The smallest absolute Gasteiger partial charge is 0.142 e. The third kappa shape index (κ3) is 3.13. The molecular weight excluding hydrogens is 356 g/mol. The first kappa shape index (κ1) is 14.4. The zero-order valence-corrected chi connectivity index (χ0v) is 14.0. The summed E-state index contributed by atoms with van der Waals surface area (Å²) in [5.74, 6) is 0.953. The van der Waals surface area contributed by atoms with E-state index in [1.54, 1.807) is 12.7 Å². The zero-order chi connectivity index (χ0) is 15.6. The summed E-state index contributed by atoms with van der Waals surface area (Å²) in [5, 5.41) is 7.71. The lowest BCUT2D eigenvalue weighted by molar-refractivity contribution is 0.0887. The van der Waals surface area contributed by atoms with E-state index in [2.05, 4.69) is 61.4 Å². The summed E-state index contributed by atoms with van der Waals surface area (Å²) in [6.07, 6.45) is 3.40. The lowest BCUT2D eigenvalue weighted by Gasteiger charge is -2.29. The van der Waals surface area contributed by atoms with Crippen LogP contribution in [0.5, 0.6) is 5.75 Å². The van der Waals surface area contributed by atoms with Crippen molar-refractivity contribution < 1.29 is 4.74 Å². The lowest BCUT2D eigenvalue weighted by Crippen LogP contribution is -2.31. The molecule has 116 valence electrons. The minimum atomic E-state index is 0.606. The Hall–Kier alpha value is -2.18. The third-order valence-corrected chi connectivity index (χ3v) is 4.41. The Labute approximate surface area is 142 Å². The third-order valence-electron chi connectivity index (χ3n) is 3.88. The molecule has 4 rings (SSSR count). The fourth-order valence-corrected chi connectivity index (χ4v) is 2.99. The average molecular weight is 371 g/mol. The maximum absolute atomic E-state index is 5.88. The summed E-state index contributed by atoms with van der Waals surface area (Å²) in [7, 11) is 0. The topological polar surface area (TPSA) is 43.2 Å². The van der Waals surface area contributed by atoms with Crippen LogP contribution in [0.3, 0.4) is 0 Å². The molecule has 5 nitrogen and oxygen atoms in total. The molecule has 0 spiro atoms. The molecule has 2 aromatic carbocycles. The molecule has 0 aliphatic carbocycles. The van der Waals surface area contributed by atoms with Crippen LogP contribution in [0.1, 0.15) is 11.1 Å². The van der Waals surface area contributed by atoms with Crippen molar-refractivity contribution in [3.8, 4) is 11.4 Å². The Morgan fingerprint density at radius 1 is 1.04 bits per heavy atom. The Bertz CT molecular complexity index is 802. The zero-order valence-electron chi connectivity index (χ0n) is 12.4. The molecule has 1 aliphatic rings. The van der Waals surface area contributed by atoms with Gasteiger partial charge in [-0.3, -0.25) is 9.47 Å². The first-order valence-electron chi connectivity index (χ1n) is 7.35. The minimum absolute atomic E-state index is 0.606. The van der Waals surface area contributed by atoms with Gasteiger partial charge in [-0.2, -0.15) is 0 Å². The Morgan fingerprint density at radius 3 is 2.61 bits per heavy atom. The van der Waals surface area contributed by atoms with Gasteiger partial charge in [0.05, 0.1) is 0 Å². The van der Waals surface area contributed by atoms with E-state index in [4.69, 9.17) is 4.74 Å². The number of fused-ring (bicyclic) bond motifs is 1. The van der Waals surface area contributed by atoms with E-state index in [1.165, 1.54) is 11.1 Å². The molecule has 0 saturated carbocycles. The van der Waals surface area contributed by atoms with Crippen molar-refractivity contribution in [2.45, 2.75) is 13.1 Å². The number of benzene rings is 2. The minimum Gasteiger partial charge on any atom is -0.478 e. The Kier molecular flexibility index (Phi) is 3.85. The van der Waals surface area contributed by atoms with E-state index >= 15 is 0 Å². The highest BCUT2D eigenvalue weighted by Crippen LogP contribution is 2.28. The molecule has 0 N–H and O–H groups in total.